The summed E-state index contributed by atoms with van der Waals surface area (Å²) in [4.78, 5) is 23.3. The number of aliphatic hydroxyl groups excluding tert-OH is 2. The van der Waals surface area contributed by atoms with Gasteiger partial charge in [0.25, 0.3) is 0 Å². The maximum atomic E-state index is 11.7. The Balaban J connectivity index is 2.94. The van der Waals surface area contributed by atoms with Gasteiger partial charge in [-0.2, -0.15) is 0 Å². The fraction of sp³-hybridized carbons (Fsp3) is 0.667. The van der Waals surface area contributed by atoms with Crippen LogP contribution >= 0.6 is 0 Å². The molecule has 0 aromatic rings. The van der Waals surface area contributed by atoms with Gasteiger partial charge in [-0.25, -0.2) is 0 Å². The first kappa shape index (κ1) is 14.7. The van der Waals surface area contributed by atoms with E-state index in [0.717, 1.165) is 0 Å². The Morgan fingerprint density at radius 2 is 2.06 bits per heavy atom. The van der Waals surface area contributed by atoms with Crippen LogP contribution in [-0.4, -0.2) is 49.6 Å². The molecule has 18 heavy (non-hydrogen) atoms. The molecule has 0 aromatic carbocycles. The highest BCUT2D eigenvalue weighted by molar-refractivity contribution is 5.80. The third kappa shape index (κ3) is 2.70. The topological polar surface area (TPSA) is 93.1 Å². The number of carbonyl (C=O) groups is 2. The number of carbonyl (C=O) groups excluding carboxylic acids is 2. The second-order valence-electron chi connectivity index (χ2n) is 4.15. The molecule has 0 amide bonds. The van der Waals surface area contributed by atoms with Crippen LogP contribution in [0.2, 0.25) is 0 Å². The van der Waals surface area contributed by atoms with Crippen molar-refractivity contribution in [3.63, 3.8) is 0 Å². The summed E-state index contributed by atoms with van der Waals surface area (Å²) in [6.45, 7) is -0.674. The van der Waals surface area contributed by atoms with E-state index >= 15 is 0 Å². The summed E-state index contributed by atoms with van der Waals surface area (Å²) in [5, 5.41) is 18.5. The van der Waals surface area contributed by atoms with E-state index in [2.05, 4.69) is 9.47 Å². The Kier molecular flexibility index (Phi) is 5.30. The van der Waals surface area contributed by atoms with Crippen molar-refractivity contribution < 1.29 is 29.3 Å². The standard InChI is InChI=1S/C12H18O6/c1-17-11(15)9(6-14)8-4-3-7(5-13)10(8)12(16)18-2/h3,8-10,13-14H,4-6H2,1-2H3. The molecule has 0 aromatic heterocycles. The molecule has 0 saturated carbocycles. The lowest BCUT2D eigenvalue weighted by Gasteiger charge is -2.25. The van der Waals surface area contributed by atoms with Gasteiger partial charge in [0, 0.05) is 0 Å². The van der Waals surface area contributed by atoms with Crippen LogP contribution in [0.5, 0.6) is 0 Å². The molecule has 0 saturated heterocycles. The predicted octanol–water partition coefficient (Wildman–Crippen LogP) is -0.504. The first-order valence-electron chi connectivity index (χ1n) is 5.67. The van der Waals surface area contributed by atoms with Crippen LogP contribution in [0, 0.1) is 17.8 Å². The minimum absolute atomic E-state index is 0.268. The average Bonchev–Trinajstić information content (AvgIpc) is 2.82. The van der Waals surface area contributed by atoms with Crippen LogP contribution in [-0.2, 0) is 19.1 Å². The van der Waals surface area contributed by atoms with E-state index in [-0.39, 0.29) is 6.61 Å². The van der Waals surface area contributed by atoms with Crippen LogP contribution in [0.1, 0.15) is 6.42 Å². The van der Waals surface area contributed by atoms with Gasteiger partial charge in [-0.1, -0.05) is 6.08 Å². The van der Waals surface area contributed by atoms with Crippen molar-refractivity contribution in [3.8, 4) is 0 Å². The Morgan fingerprint density at radius 1 is 1.39 bits per heavy atom. The molecule has 2 N–H and O–H groups in total. The van der Waals surface area contributed by atoms with Crippen LogP contribution in [0.25, 0.3) is 0 Å². The normalized spacial score (nSPS) is 24.3. The lowest BCUT2D eigenvalue weighted by molar-refractivity contribution is -0.153. The highest BCUT2D eigenvalue weighted by atomic mass is 16.5. The second kappa shape index (κ2) is 6.51. The molecule has 0 aliphatic heterocycles. The van der Waals surface area contributed by atoms with E-state index in [1.54, 1.807) is 6.08 Å². The smallest absolute Gasteiger partial charge is 0.313 e. The number of aliphatic hydroxyl groups is 2. The number of allylic oxidation sites excluding steroid dienone is 1. The van der Waals surface area contributed by atoms with Crippen molar-refractivity contribution in [2.75, 3.05) is 27.4 Å². The van der Waals surface area contributed by atoms with E-state index in [9.17, 15) is 19.8 Å². The number of ether oxygens (including phenoxy) is 2. The van der Waals surface area contributed by atoms with Gasteiger partial charge >= 0.3 is 11.9 Å². The SMILES string of the molecule is COC(=O)C(CO)C1CC=C(CO)C1C(=O)OC. The zero-order valence-electron chi connectivity index (χ0n) is 10.5. The predicted molar refractivity (Wildman–Crippen MR) is 61.4 cm³/mol. The number of esters is 2. The Bertz CT molecular complexity index is 348. The zero-order chi connectivity index (χ0) is 13.7. The highest BCUT2D eigenvalue weighted by Gasteiger charge is 2.43. The van der Waals surface area contributed by atoms with Gasteiger partial charge in [0.2, 0.25) is 0 Å². The molecule has 0 heterocycles. The molecule has 1 aliphatic rings. The van der Waals surface area contributed by atoms with Gasteiger partial charge in [0.15, 0.2) is 0 Å². The Hall–Kier alpha value is -1.40. The van der Waals surface area contributed by atoms with E-state index in [0.29, 0.717) is 12.0 Å². The largest absolute Gasteiger partial charge is 0.469 e. The summed E-state index contributed by atoms with van der Waals surface area (Å²) in [7, 11) is 2.48. The second-order valence-corrected chi connectivity index (χ2v) is 4.15. The van der Waals surface area contributed by atoms with Crippen molar-refractivity contribution in [1.29, 1.82) is 0 Å². The van der Waals surface area contributed by atoms with Crippen LogP contribution < -0.4 is 0 Å². The Morgan fingerprint density at radius 3 is 2.50 bits per heavy atom. The molecular formula is C12H18O6. The quantitative estimate of drug-likeness (QED) is 0.510. The summed E-state index contributed by atoms with van der Waals surface area (Å²) < 4.78 is 9.29. The summed E-state index contributed by atoms with van der Waals surface area (Å²) >= 11 is 0. The van der Waals surface area contributed by atoms with Gasteiger partial charge < -0.3 is 19.7 Å². The lowest BCUT2D eigenvalue weighted by atomic mass is 9.81. The number of methoxy groups -OCH3 is 2. The van der Waals surface area contributed by atoms with Crippen molar-refractivity contribution >= 4 is 11.9 Å². The number of hydrogen-bond acceptors (Lipinski definition) is 6. The maximum absolute atomic E-state index is 11.7. The summed E-state index contributed by atoms with van der Waals surface area (Å²) in [6, 6.07) is 0. The maximum Gasteiger partial charge on any atom is 0.313 e. The number of hydrogen-bond donors (Lipinski definition) is 2. The fourth-order valence-corrected chi connectivity index (χ4v) is 2.37. The van der Waals surface area contributed by atoms with Crippen molar-refractivity contribution in [2.24, 2.45) is 17.8 Å². The van der Waals surface area contributed by atoms with Crippen LogP contribution in [0.4, 0.5) is 0 Å². The van der Waals surface area contributed by atoms with E-state index in [4.69, 9.17) is 0 Å². The van der Waals surface area contributed by atoms with Crippen molar-refractivity contribution in [3.05, 3.63) is 11.6 Å². The van der Waals surface area contributed by atoms with Gasteiger partial charge in [0.05, 0.1) is 39.3 Å². The van der Waals surface area contributed by atoms with Gasteiger partial charge in [0.1, 0.15) is 0 Å². The van der Waals surface area contributed by atoms with Crippen LogP contribution in [0.3, 0.4) is 0 Å². The molecule has 1 rings (SSSR count). The molecule has 1 aliphatic carbocycles. The van der Waals surface area contributed by atoms with Crippen molar-refractivity contribution in [2.45, 2.75) is 6.42 Å². The Labute approximate surface area is 105 Å². The first-order valence-corrected chi connectivity index (χ1v) is 5.67. The molecule has 0 spiro atoms. The third-order valence-corrected chi connectivity index (χ3v) is 3.33. The number of rotatable bonds is 5. The summed E-state index contributed by atoms with van der Waals surface area (Å²) in [5.74, 6) is -3.00. The molecule has 0 fully saturated rings. The van der Waals surface area contributed by atoms with E-state index in [1.807, 2.05) is 0 Å². The van der Waals surface area contributed by atoms with Gasteiger partial charge in [-0.15, -0.1) is 0 Å². The van der Waals surface area contributed by atoms with E-state index in [1.165, 1.54) is 14.2 Å². The minimum Gasteiger partial charge on any atom is -0.469 e. The van der Waals surface area contributed by atoms with Crippen LogP contribution in [0.15, 0.2) is 11.6 Å². The van der Waals surface area contributed by atoms with Gasteiger partial charge in [-0.3, -0.25) is 9.59 Å². The summed E-state index contributed by atoms with van der Waals surface area (Å²) in [5.41, 5.74) is 0.522. The molecule has 0 bridgehead atoms. The first-order chi connectivity index (χ1) is 8.60. The lowest BCUT2D eigenvalue weighted by Crippen LogP contribution is -2.35. The average molecular weight is 258 g/mol. The van der Waals surface area contributed by atoms with E-state index < -0.39 is 36.3 Å². The molecule has 0 radical (unpaired) electrons. The zero-order valence-corrected chi connectivity index (χ0v) is 10.5. The van der Waals surface area contributed by atoms with Gasteiger partial charge in [-0.05, 0) is 17.9 Å². The monoisotopic (exact) mass is 258 g/mol. The molecule has 6 nitrogen and oxygen atoms in total. The van der Waals surface area contributed by atoms with Crippen molar-refractivity contribution in [1.82, 2.24) is 0 Å². The fourth-order valence-electron chi connectivity index (χ4n) is 2.37. The molecule has 3 atom stereocenters. The molecule has 3 unspecified atom stereocenters. The molecule has 102 valence electrons. The molecular weight excluding hydrogens is 240 g/mol. The minimum atomic E-state index is -0.792. The summed E-state index contributed by atoms with van der Waals surface area (Å²) in [6.07, 6.45) is 2.13. The third-order valence-electron chi connectivity index (χ3n) is 3.33. The molecule has 6 heteroatoms. The highest BCUT2D eigenvalue weighted by Crippen LogP contribution is 2.38.